The van der Waals surface area contributed by atoms with Crippen LogP contribution >= 0.6 is 11.3 Å². The van der Waals surface area contributed by atoms with Gasteiger partial charge in [-0.25, -0.2) is 9.78 Å². The first-order valence-electron chi connectivity index (χ1n) is 6.02. The molecule has 0 amide bonds. The van der Waals surface area contributed by atoms with Gasteiger partial charge in [-0.3, -0.25) is 0 Å². The van der Waals surface area contributed by atoms with Crippen molar-refractivity contribution in [1.29, 1.82) is 0 Å². The number of carbonyl (C=O) groups is 1. The topological polar surface area (TPSA) is 59.4 Å². The van der Waals surface area contributed by atoms with Crippen LogP contribution in [-0.2, 0) is 13.0 Å². The van der Waals surface area contributed by atoms with Crippen molar-refractivity contribution in [2.75, 3.05) is 0 Å². The van der Waals surface area contributed by atoms with Crippen molar-refractivity contribution in [1.82, 2.24) is 4.98 Å². The van der Waals surface area contributed by atoms with E-state index in [1.54, 1.807) is 29.5 Å². The molecule has 0 aliphatic rings. The third-order valence-corrected chi connectivity index (χ3v) is 3.99. The summed E-state index contributed by atoms with van der Waals surface area (Å²) in [4.78, 5) is 16.5. The maximum absolute atomic E-state index is 11.1. The number of aromatic nitrogens is 1. The van der Waals surface area contributed by atoms with Crippen molar-refractivity contribution >= 4 is 17.3 Å². The summed E-state index contributed by atoms with van der Waals surface area (Å²) >= 11 is 1.61. The van der Waals surface area contributed by atoms with Gasteiger partial charge in [-0.2, -0.15) is 0 Å². The second kappa shape index (κ2) is 5.84. The molecular formula is C14H15NO3S. The first-order chi connectivity index (χ1) is 9.11. The van der Waals surface area contributed by atoms with E-state index in [4.69, 9.17) is 9.84 Å². The summed E-state index contributed by atoms with van der Waals surface area (Å²) in [6.07, 6.45) is 0.900. The van der Waals surface area contributed by atoms with Gasteiger partial charge in [0.1, 0.15) is 17.9 Å². The van der Waals surface area contributed by atoms with Crippen molar-refractivity contribution in [2.45, 2.75) is 26.9 Å². The third-order valence-electron chi connectivity index (χ3n) is 2.72. The number of thiazole rings is 1. The molecule has 19 heavy (non-hydrogen) atoms. The summed E-state index contributed by atoms with van der Waals surface area (Å²) < 4.78 is 5.61. The fourth-order valence-electron chi connectivity index (χ4n) is 1.69. The molecule has 0 unspecified atom stereocenters. The van der Waals surface area contributed by atoms with Gasteiger partial charge in [-0.15, -0.1) is 11.3 Å². The Morgan fingerprint density at radius 2 is 2.16 bits per heavy atom. The average Bonchev–Trinajstić information content (AvgIpc) is 2.77. The number of rotatable bonds is 5. The molecule has 0 fully saturated rings. The minimum Gasteiger partial charge on any atom is -0.487 e. The predicted molar refractivity (Wildman–Crippen MR) is 74.0 cm³/mol. The lowest BCUT2D eigenvalue weighted by atomic mass is 10.2. The maximum Gasteiger partial charge on any atom is 0.339 e. The van der Waals surface area contributed by atoms with Crippen LogP contribution in [0.15, 0.2) is 24.3 Å². The van der Waals surface area contributed by atoms with E-state index in [0.717, 1.165) is 22.0 Å². The highest BCUT2D eigenvalue weighted by Crippen LogP contribution is 2.23. The van der Waals surface area contributed by atoms with Crippen LogP contribution in [0.25, 0.3) is 0 Å². The van der Waals surface area contributed by atoms with Crippen LogP contribution in [0.5, 0.6) is 5.75 Å². The van der Waals surface area contributed by atoms with Crippen molar-refractivity contribution in [2.24, 2.45) is 0 Å². The number of nitrogens with zero attached hydrogens (tertiary/aromatic N) is 1. The highest BCUT2D eigenvalue weighted by molar-refractivity contribution is 7.11. The SMILES string of the molecule is CCc1nc(C)c(COc2ccccc2C(=O)O)s1. The molecule has 1 aromatic heterocycles. The lowest BCUT2D eigenvalue weighted by Gasteiger charge is -2.07. The van der Waals surface area contributed by atoms with Crippen molar-refractivity contribution in [3.63, 3.8) is 0 Å². The van der Waals surface area contributed by atoms with E-state index in [1.165, 1.54) is 6.07 Å². The number of benzene rings is 1. The Morgan fingerprint density at radius 1 is 1.42 bits per heavy atom. The zero-order valence-electron chi connectivity index (χ0n) is 10.8. The van der Waals surface area contributed by atoms with E-state index in [0.29, 0.717) is 12.4 Å². The number of aryl methyl sites for hydroxylation is 2. The van der Waals surface area contributed by atoms with Crippen LogP contribution in [-0.4, -0.2) is 16.1 Å². The highest BCUT2D eigenvalue weighted by atomic mass is 32.1. The summed E-state index contributed by atoms with van der Waals surface area (Å²) in [5.41, 5.74) is 1.13. The lowest BCUT2D eigenvalue weighted by molar-refractivity contribution is 0.0692. The van der Waals surface area contributed by atoms with Gasteiger partial charge in [0.15, 0.2) is 0 Å². The Hall–Kier alpha value is -1.88. The van der Waals surface area contributed by atoms with Gasteiger partial charge in [-0.1, -0.05) is 19.1 Å². The van der Waals surface area contributed by atoms with Crippen molar-refractivity contribution in [3.8, 4) is 5.75 Å². The van der Waals surface area contributed by atoms with Gasteiger partial charge in [0.2, 0.25) is 0 Å². The zero-order chi connectivity index (χ0) is 13.8. The minimum absolute atomic E-state index is 0.181. The summed E-state index contributed by atoms with van der Waals surface area (Å²) in [5.74, 6) is -0.591. The van der Waals surface area contributed by atoms with E-state index in [2.05, 4.69) is 11.9 Å². The fourth-order valence-corrected chi connectivity index (χ4v) is 2.61. The van der Waals surface area contributed by atoms with Gasteiger partial charge in [0, 0.05) is 0 Å². The number of ether oxygens (including phenoxy) is 1. The minimum atomic E-state index is -0.981. The van der Waals surface area contributed by atoms with Crippen molar-refractivity contribution in [3.05, 3.63) is 45.4 Å². The molecule has 0 saturated carbocycles. The molecule has 0 saturated heterocycles. The standard InChI is InChI=1S/C14H15NO3S/c1-3-13-15-9(2)12(19-13)8-18-11-7-5-4-6-10(11)14(16)17/h4-7H,3,8H2,1-2H3,(H,16,17). The quantitative estimate of drug-likeness (QED) is 0.911. The molecule has 0 aliphatic heterocycles. The summed E-state index contributed by atoms with van der Waals surface area (Å²) in [5, 5.41) is 10.1. The second-order valence-corrected chi connectivity index (χ2v) is 5.23. The lowest BCUT2D eigenvalue weighted by Crippen LogP contribution is -2.03. The molecule has 2 rings (SSSR count). The van der Waals surface area contributed by atoms with E-state index in [-0.39, 0.29) is 5.56 Å². The Kier molecular flexibility index (Phi) is 4.16. The molecule has 2 aromatic rings. The Labute approximate surface area is 115 Å². The smallest absolute Gasteiger partial charge is 0.339 e. The molecule has 0 spiro atoms. The number of hydrogen-bond acceptors (Lipinski definition) is 4. The van der Waals surface area contributed by atoms with Gasteiger partial charge in [0.25, 0.3) is 0 Å². The molecule has 100 valence electrons. The Morgan fingerprint density at radius 3 is 2.79 bits per heavy atom. The summed E-state index contributed by atoms with van der Waals surface area (Å²) in [7, 11) is 0. The van der Waals surface area contributed by atoms with Crippen molar-refractivity contribution < 1.29 is 14.6 Å². The fraction of sp³-hybridized carbons (Fsp3) is 0.286. The molecule has 1 heterocycles. The number of carboxylic acid groups (broad SMARTS) is 1. The van der Waals surface area contributed by atoms with Crippen LogP contribution in [0.1, 0.15) is 32.9 Å². The van der Waals surface area contributed by atoms with Gasteiger partial charge < -0.3 is 9.84 Å². The molecular weight excluding hydrogens is 262 g/mol. The normalized spacial score (nSPS) is 10.4. The second-order valence-electron chi connectivity index (χ2n) is 4.06. The number of para-hydroxylation sites is 1. The Bertz CT molecular complexity index is 592. The monoisotopic (exact) mass is 277 g/mol. The molecule has 0 aliphatic carbocycles. The maximum atomic E-state index is 11.1. The van der Waals surface area contributed by atoms with E-state index >= 15 is 0 Å². The van der Waals surface area contributed by atoms with Crippen LogP contribution in [0.2, 0.25) is 0 Å². The van der Waals surface area contributed by atoms with E-state index in [9.17, 15) is 4.79 Å². The zero-order valence-corrected chi connectivity index (χ0v) is 11.7. The van der Waals surface area contributed by atoms with Crippen LogP contribution in [0.3, 0.4) is 0 Å². The van der Waals surface area contributed by atoms with Crippen LogP contribution in [0.4, 0.5) is 0 Å². The van der Waals surface area contributed by atoms with Gasteiger partial charge >= 0.3 is 5.97 Å². The first kappa shape index (κ1) is 13.5. The molecule has 1 aromatic carbocycles. The average molecular weight is 277 g/mol. The predicted octanol–water partition coefficient (Wildman–Crippen LogP) is 3.29. The van der Waals surface area contributed by atoms with Crippen LogP contribution < -0.4 is 4.74 Å². The molecule has 1 N–H and O–H groups in total. The molecule has 0 atom stereocenters. The summed E-state index contributed by atoms with van der Waals surface area (Å²) in [6, 6.07) is 6.65. The Balaban J connectivity index is 2.14. The highest BCUT2D eigenvalue weighted by Gasteiger charge is 2.12. The largest absolute Gasteiger partial charge is 0.487 e. The number of aromatic carboxylic acids is 1. The number of hydrogen-bond donors (Lipinski definition) is 1. The number of carboxylic acids is 1. The van der Waals surface area contributed by atoms with Gasteiger partial charge in [0.05, 0.1) is 15.6 Å². The van der Waals surface area contributed by atoms with E-state index in [1.807, 2.05) is 6.92 Å². The van der Waals surface area contributed by atoms with E-state index < -0.39 is 5.97 Å². The summed E-state index contributed by atoms with van der Waals surface area (Å²) in [6.45, 7) is 4.36. The molecule has 5 heteroatoms. The molecule has 4 nitrogen and oxygen atoms in total. The van der Waals surface area contributed by atoms with Gasteiger partial charge in [-0.05, 0) is 25.5 Å². The first-order valence-corrected chi connectivity index (χ1v) is 6.83. The molecule has 0 bridgehead atoms. The third kappa shape index (κ3) is 3.12. The van der Waals surface area contributed by atoms with Crippen LogP contribution in [0, 0.1) is 6.92 Å². The molecule has 0 radical (unpaired) electrons.